The highest BCUT2D eigenvalue weighted by Gasteiger charge is 2.25. The molecule has 0 aliphatic carbocycles. The van der Waals surface area contributed by atoms with Crippen molar-refractivity contribution in [2.75, 3.05) is 62.8 Å². The van der Waals surface area contributed by atoms with E-state index in [4.69, 9.17) is 26.3 Å². The van der Waals surface area contributed by atoms with Crippen molar-refractivity contribution in [3.63, 3.8) is 0 Å². The number of ether oxygens (including phenoxy) is 1. The van der Waals surface area contributed by atoms with Crippen LogP contribution in [-0.4, -0.2) is 78.9 Å². The summed E-state index contributed by atoms with van der Waals surface area (Å²) in [7, 11) is 2.14. The molecule has 2 aliphatic heterocycles. The minimum atomic E-state index is 0.267. The second-order valence-electron chi connectivity index (χ2n) is 6.76. The first kappa shape index (κ1) is 16.8. The topological polar surface area (TPSA) is 57.6 Å². The molecule has 0 radical (unpaired) electrons. The van der Waals surface area contributed by atoms with Crippen molar-refractivity contribution in [1.82, 2.24) is 19.9 Å². The minimum Gasteiger partial charge on any atom is -0.377 e. The van der Waals surface area contributed by atoms with Crippen molar-refractivity contribution >= 4 is 34.4 Å². The monoisotopic (exact) mass is 362 g/mol. The lowest BCUT2D eigenvalue weighted by Gasteiger charge is -2.36. The van der Waals surface area contributed by atoms with Gasteiger partial charge in [0.05, 0.1) is 24.6 Å². The second kappa shape index (κ2) is 6.90. The van der Waals surface area contributed by atoms with Gasteiger partial charge in [-0.25, -0.2) is 4.98 Å². The highest BCUT2D eigenvalue weighted by molar-refractivity contribution is 6.29. The molecule has 4 heterocycles. The van der Waals surface area contributed by atoms with Crippen LogP contribution in [-0.2, 0) is 4.74 Å². The van der Waals surface area contributed by atoms with Gasteiger partial charge in [0, 0.05) is 32.7 Å². The van der Waals surface area contributed by atoms with Gasteiger partial charge < -0.3 is 19.4 Å². The van der Waals surface area contributed by atoms with Crippen molar-refractivity contribution in [1.29, 1.82) is 0 Å². The van der Waals surface area contributed by atoms with Gasteiger partial charge in [-0.3, -0.25) is 0 Å². The first-order chi connectivity index (χ1) is 12.1. The molecule has 2 saturated heterocycles. The number of morpholine rings is 1. The number of nitrogens with zero attached hydrogens (tertiary/aromatic N) is 6. The SMILES string of the molecule is C[C@H]1COCCN1c1nc(N2CCN(C)CC2)nc2nc(Cl)ccc12. The van der Waals surface area contributed by atoms with Gasteiger partial charge >= 0.3 is 0 Å². The first-order valence-corrected chi connectivity index (χ1v) is 9.12. The van der Waals surface area contributed by atoms with E-state index in [1.54, 1.807) is 6.07 Å². The summed E-state index contributed by atoms with van der Waals surface area (Å²) in [6, 6.07) is 4.04. The number of anilines is 2. The van der Waals surface area contributed by atoms with Crippen molar-refractivity contribution in [3.05, 3.63) is 17.3 Å². The fourth-order valence-corrected chi connectivity index (χ4v) is 3.51. The quantitative estimate of drug-likeness (QED) is 0.753. The summed E-state index contributed by atoms with van der Waals surface area (Å²) in [6.07, 6.45) is 0. The van der Waals surface area contributed by atoms with E-state index in [-0.39, 0.29) is 6.04 Å². The van der Waals surface area contributed by atoms with Crippen LogP contribution in [0.4, 0.5) is 11.8 Å². The van der Waals surface area contributed by atoms with E-state index in [0.717, 1.165) is 49.9 Å². The second-order valence-corrected chi connectivity index (χ2v) is 7.15. The Balaban J connectivity index is 1.79. The number of piperazine rings is 1. The zero-order valence-corrected chi connectivity index (χ0v) is 15.4. The number of rotatable bonds is 2. The molecule has 4 rings (SSSR count). The number of halogens is 1. The maximum atomic E-state index is 6.12. The van der Waals surface area contributed by atoms with Gasteiger partial charge in [0.2, 0.25) is 5.95 Å². The van der Waals surface area contributed by atoms with E-state index in [0.29, 0.717) is 24.0 Å². The van der Waals surface area contributed by atoms with Crippen LogP contribution in [0.1, 0.15) is 6.92 Å². The van der Waals surface area contributed by atoms with E-state index in [9.17, 15) is 0 Å². The van der Waals surface area contributed by atoms with Crippen molar-refractivity contribution < 1.29 is 4.74 Å². The van der Waals surface area contributed by atoms with E-state index in [1.165, 1.54) is 0 Å². The molecular weight excluding hydrogens is 340 g/mol. The highest BCUT2D eigenvalue weighted by atomic mass is 35.5. The Kier molecular flexibility index (Phi) is 4.62. The van der Waals surface area contributed by atoms with Crippen molar-refractivity contribution in [3.8, 4) is 0 Å². The summed E-state index contributed by atoms with van der Waals surface area (Å²) in [5.74, 6) is 1.67. The third-order valence-corrected chi connectivity index (χ3v) is 5.13. The summed E-state index contributed by atoms with van der Waals surface area (Å²) in [5, 5.41) is 1.40. The third kappa shape index (κ3) is 3.36. The van der Waals surface area contributed by atoms with Gasteiger partial charge in [-0.1, -0.05) is 11.6 Å². The molecule has 25 heavy (non-hydrogen) atoms. The first-order valence-electron chi connectivity index (χ1n) is 8.74. The van der Waals surface area contributed by atoms with Gasteiger partial charge in [-0.15, -0.1) is 0 Å². The Morgan fingerprint density at radius 1 is 1.08 bits per heavy atom. The number of fused-ring (bicyclic) bond motifs is 1. The molecule has 0 spiro atoms. The molecule has 0 aromatic carbocycles. The molecule has 0 unspecified atom stereocenters. The molecule has 0 N–H and O–H groups in total. The maximum Gasteiger partial charge on any atom is 0.229 e. The van der Waals surface area contributed by atoms with Crippen LogP contribution < -0.4 is 9.80 Å². The maximum absolute atomic E-state index is 6.12. The Labute approximate surface area is 152 Å². The normalized spacial score (nSPS) is 22.6. The summed E-state index contributed by atoms with van der Waals surface area (Å²) < 4.78 is 5.59. The molecular formula is C17H23ClN6O. The van der Waals surface area contributed by atoms with Gasteiger partial charge in [0.15, 0.2) is 5.65 Å². The van der Waals surface area contributed by atoms with Crippen LogP contribution in [0.15, 0.2) is 12.1 Å². The van der Waals surface area contributed by atoms with Gasteiger partial charge in [0.1, 0.15) is 11.0 Å². The number of aromatic nitrogens is 3. The standard InChI is InChI=1S/C17H23ClN6O/c1-12-11-25-10-9-24(12)16-13-3-4-14(18)19-15(13)20-17(21-16)23-7-5-22(2)6-8-23/h3-4,12H,5-11H2,1-2H3/t12-/m0/s1. The van der Waals surface area contributed by atoms with Gasteiger partial charge in [-0.2, -0.15) is 9.97 Å². The molecule has 2 fully saturated rings. The number of likely N-dealkylation sites (N-methyl/N-ethyl adjacent to an activating group) is 1. The minimum absolute atomic E-state index is 0.267. The molecule has 0 saturated carbocycles. The highest BCUT2D eigenvalue weighted by Crippen LogP contribution is 2.29. The van der Waals surface area contributed by atoms with E-state index in [2.05, 4.69) is 33.7 Å². The summed E-state index contributed by atoms with van der Waals surface area (Å²) in [5.41, 5.74) is 0.658. The zero-order chi connectivity index (χ0) is 17.4. The molecule has 8 heteroatoms. The third-order valence-electron chi connectivity index (χ3n) is 4.92. The average molecular weight is 363 g/mol. The molecule has 134 valence electrons. The Morgan fingerprint density at radius 3 is 2.64 bits per heavy atom. The predicted molar refractivity (Wildman–Crippen MR) is 99.7 cm³/mol. The van der Waals surface area contributed by atoms with E-state index < -0.39 is 0 Å². The Hall–Kier alpha value is -1.70. The molecule has 2 aliphatic rings. The smallest absolute Gasteiger partial charge is 0.229 e. The lowest BCUT2D eigenvalue weighted by atomic mass is 10.2. The van der Waals surface area contributed by atoms with Crippen LogP contribution in [0.3, 0.4) is 0 Å². The fourth-order valence-electron chi connectivity index (χ4n) is 3.37. The van der Waals surface area contributed by atoms with Crippen molar-refractivity contribution in [2.24, 2.45) is 0 Å². The Bertz CT molecular complexity index is 764. The van der Waals surface area contributed by atoms with Crippen LogP contribution in [0.5, 0.6) is 0 Å². The molecule has 1 atom stereocenters. The average Bonchev–Trinajstić information content (AvgIpc) is 2.61. The molecule has 2 aromatic heterocycles. The lowest BCUT2D eigenvalue weighted by molar-refractivity contribution is 0.0987. The van der Waals surface area contributed by atoms with Gasteiger partial charge in [0.25, 0.3) is 0 Å². The lowest BCUT2D eigenvalue weighted by Crippen LogP contribution is -2.46. The van der Waals surface area contributed by atoms with E-state index in [1.807, 2.05) is 6.07 Å². The molecule has 0 bridgehead atoms. The molecule has 2 aromatic rings. The summed E-state index contributed by atoms with van der Waals surface area (Å²) >= 11 is 6.12. The van der Waals surface area contributed by atoms with Gasteiger partial charge in [-0.05, 0) is 26.1 Å². The number of pyridine rings is 1. The largest absolute Gasteiger partial charge is 0.377 e. The predicted octanol–water partition coefficient (Wildman–Crippen LogP) is 1.66. The van der Waals surface area contributed by atoms with Crippen LogP contribution >= 0.6 is 11.6 Å². The van der Waals surface area contributed by atoms with Crippen LogP contribution in [0, 0.1) is 0 Å². The summed E-state index contributed by atoms with van der Waals surface area (Å²) in [6.45, 7) is 8.24. The molecule has 0 amide bonds. The van der Waals surface area contributed by atoms with Crippen molar-refractivity contribution in [2.45, 2.75) is 13.0 Å². The summed E-state index contributed by atoms with van der Waals surface area (Å²) in [4.78, 5) is 20.9. The Morgan fingerprint density at radius 2 is 1.88 bits per heavy atom. The number of hydrogen-bond acceptors (Lipinski definition) is 7. The number of hydrogen-bond donors (Lipinski definition) is 0. The van der Waals surface area contributed by atoms with E-state index >= 15 is 0 Å². The van der Waals surface area contributed by atoms with Crippen LogP contribution in [0.25, 0.3) is 11.0 Å². The van der Waals surface area contributed by atoms with Crippen LogP contribution in [0.2, 0.25) is 5.15 Å². The zero-order valence-electron chi connectivity index (χ0n) is 14.7. The molecule has 7 nitrogen and oxygen atoms in total. The fraction of sp³-hybridized carbons (Fsp3) is 0.588.